The molecule has 132 valence electrons. The zero-order valence-corrected chi connectivity index (χ0v) is 14.9. The van der Waals surface area contributed by atoms with Crippen LogP contribution in [0.5, 0.6) is 0 Å². The molecule has 0 radical (unpaired) electrons. The van der Waals surface area contributed by atoms with Crippen molar-refractivity contribution in [3.63, 3.8) is 0 Å². The number of ketones is 1. The second kappa shape index (κ2) is 8.96. The van der Waals surface area contributed by atoms with Gasteiger partial charge in [-0.2, -0.15) is 0 Å². The molecule has 3 rings (SSSR count). The van der Waals surface area contributed by atoms with Crippen molar-refractivity contribution in [1.82, 2.24) is 20.3 Å². The number of nitrogens with one attached hydrogen (secondary N) is 1. The lowest BCUT2D eigenvalue weighted by molar-refractivity contribution is -0.121. The van der Waals surface area contributed by atoms with Crippen LogP contribution in [0.25, 0.3) is 10.6 Å². The third-order valence-corrected chi connectivity index (χ3v) is 4.67. The molecule has 1 N–H and O–H groups in total. The number of amides is 1. The Hall–Kier alpha value is -2.93. The minimum Gasteiger partial charge on any atom is -0.356 e. The number of carbonyl (C=O) groups is 2. The van der Waals surface area contributed by atoms with Gasteiger partial charge < -0.3 is 5.32 Å². The van der Waals surface area contributed by atoms with Crippen LogP contribution in [0.1, 0.15) is 28.9 Å². The van der Waals surface area contributed by atoms with Crippen molar-refractivity contribution >= 4 is 23.0 Å². The molecule has 0 atom stereocenters. The van der Waals surface area contributed by atoms with Crippen LogP contribution in [0.15, 0.2) is 54.4 Å². The molecule has 0 saturated heterocycles. The molecule has 0 bridgehead atoms. The van der Waals surface area contributed by atoms with E-state index < -0.39 is 0 Å². The molecule has 0 fully saturated rings. The monoisotopic (exact) mass is 366 g/mol. The third-order valence-electron chi connectivity index (χ3n) is 3.73. The molecule has 0 spiro atoms. The summed E-state index contributed by atoms with van der Waals surface area (Å²) >= 11 is 1.56. The first-order valence-electron chi connectivity index (χ1n) is 8.27. The van der Waals surface area contributed by atoms with E-state index in [9.17, 15) is 9.59 Å². The van der Waals surface area contributed by atoms with Crippen LogP contribution in [0.4, 0.5) is 0 Å². The van der Waals surface area contributed by atoms with Gasteiger partial charge in [0.1, 0.15) is 5.01 Å². The fourth-order valence-corrected chi connectivity index (χ4v) is 3.21. The fourth-order valence-electron chi connectivity index (χ4n) is 2.36. The molecule has 7 heteroatoms. The van der Waals surface area contributed by atoms with Gasteiger partial charge in [0, 0.05) is 67.1 Å². The van der Waals surface area contributed by atoms with E-state index in [0.29, 0.717) is 18.5 Å². The Bertz CT molecular complexity index is 866. The van der Waals surface area contributed by atoms with Gasteiger partial charge in [-0.15, -0.1) is 11.3 Å². The molecule has 6 nitrogen and oxygen atoms in total. The molecule has 1 amide bonds. The minimum atomic E-state index is -0.134. The van der Waals surface area contributed by atoms with E-state index in [2.05, 4.69) is 20.3 Å². The fraction of sp³-hybridized carbons (Fsp3) is 0.211. The van der Waals surface area contributed by atoms with E-state index in [1.54, 1.807) is 42.1 Å². The Morgan fingerprint density at radius 1 is 1.04 bits per heavy atom. The standard InChI is InChI=1S/C19H18N4O2S/c24-17(14-3-1-8-20-11-14)5-6-18(25)22-10-7-16-13-26-19(23-16)15-4-2-9-21-12-15/h1-4,8-9,11-13H,5-7,10H2,(H,22,25). The number of carbonyl (C=O) groups excluding carboxylic acids is 2. The lowest BCUT2D eigenvalue weighted by atomic mass is 10.1. The van der Waals surface area contributed by atoms with E-state index in [0.717, 1.165) is 16.3 Å². The Morgan fingerprint density at radius 3 is 2.58 bits per heavy atom. The van der Waals surface area contributed by atoms with E-state index >= 15 is 0 Å². The van der Waals surface area contributed by atoms with Gasteiger partial charge in [0.05, 0.1) is 5.69 Å². The van der Waals surface area contributed by atoms with Gasteiger partial charge in [-0.25, -0.2) is 4.98 Å². The maximum atomic E-state index is 11.9. The first-order valence-corrected chi connectivity index (χ1v) is 9.15. The molecule has 0 aliphatic carbocycles. The summed E-state index contributed by atoms with van der Waals surface area (Å²) in [6.07, 6.45) is 7.64. The predicted octanol–water partition coefficient (Wildman–Crippen LogP) is 2.92. The first kappa shape index (κ1) is 17.9. The Labute approximate surface area is 155 Å². The number of nitrogens with zero attached hydrogens (tertiary/aromatic N) is 3. The summed E-state index contributed by atoms with van der Waals surface area (Å²) in [7, 11) is 0. The zero-order valence-electron chi connectivity index (χ0n) is 14.1. The third kappa shape index (κ3) is 5.03. The molecule has 3 aromatic rings. The topological polar surface area (TPSA) is 84.8 Å². The Morgan fingerprint density at radius 2 is 1.85 bits per heavy atom. The highest BCUT2D eigenvalue weighted by Crippen LogP contribution is 2.22. The van der Waals surface area contributed by atoms with Crippen LogP contribution >= 0.6 is 11.3 Å². The molecule has 0 aliphatic heterocycles. The maximum Gasteiger partial charge on any atom is 0.220 e. The van der Waals surface area contributed by atoms with Crippen LogP contribution in [-0.2, 0) is 11.2 Å². The molecule has 0 aliphatic rings. The quantitative estimate of drug-likeness (QED) is 0.620. The number of hydrogen-bond donors (Lipinski definition) is 1. The number of rotatable bonds is 8. The van der Waals surface area contributed by atoms with Crippen LogP contribution < -0.4 is 5.32 Å². The lowest BCUT2D eigenvalue weighted by Crippen LogP contribution is -2.26. The van der Waals surface area contributed by atoms with E-state index in [-0.39, 0.29) is 24.5 Å². The largest absolute Gasteiger partial charge is 0.356 e. The molecular formula is C19H18N4O2S. The van der Waals surface area contributed by atoms with Crippen molar-refractivity contribution in [3.05, 3.63) is 65.7 Å². The average Bonchev–Trinajstić information content (AvgIpc) is 3.16. The highest BCUT2D eigenvalue weighted by atomic mass is 32.1. The Balaban J connectivity index is 1.40. The number of pyridine rings is 2. The molecule has 0 unspecified atom stereocenters. The molecule has 0 saturated carbocycles. The van der Waals surface area contributed by atoms with Crippen LogP contribution in [0.3, 0.4) is 0 Å². The highest BCUT2D eigenvalue weighted by molar-refractivity contribution is 7.13. The van der Waals surface area contributed by atoms with Crippen molar-refractivity contribution in [2.45, 2.75) is 19.3 Å². The van der Waals surface area contributed by atoms with Gasteiger partial charge in [-0.05, 0) is 24.3 Å². The minimum absolute atomic E-state index is 0.0751. The van der Waals surface area contributed by atoms with Crippen molar-refractivity contribution in [1.29, 1.82) is 0 Å². The van der Waals surface area contributed by atoms with E-state index in [4.69, 9.17) is 0 Å². The van der Waals surface area contributed by atoms with Crippen LogP contribution in [0, 0.1) is 0 Å². The maximum absolute atomic E-state index is 11.9. The molecule has 0 aromatic carbocycles. The molecular weight excluding hydrogens is 348 g/mol. The second-order valence-electron chi connectivity index (χ2n) is 5.65. The summed E-state index contributed by atoms with van der Waals surface area (Å²) in [6, 6.07) is 7.26. The number of aromatic nitrogens is 3. The predicted molar refractivity (Wildman–Crippen MR) is 99.9 cm³/mol. The Kier molecular flexibility index (Phi) is 6.16. The normalized spacial score (nSPS) is 10.5. The number of Topliss-reactive ketones (excluding diaryl/α,β-unsaturated/α-hetero) is 1. The summed E-state index contributed by atoms with van der Waals surface area (Å²) in [5, 5.41) is 5.74. The smallest absolute Gasteiger partial charge is 0.220 e. The van der Waals surface area contributed by atoms with Gasteiger partial charge in [-0.1, -0.05) is 0 Å². The molecule has 3 heterocycles. The zero-order chi connectivity index (χ0) is 18.2. The summed E-state index contributed by atoms with van der Waals surface area (Å²) in [5.41, 5.74) is 2.45. The SMILES string of the molecule is O=C(CCC(=O)c1cccnc1)NCCc1csc(-c2cccnc2)n1. The van der Waals surface area contributed by atoms with Crippen molar-refractivity contribution in [3.8, 4) is 10.6 Å². The van der Waals surface area contributed by atoms with Gasteiger partial charge in [0.15, 0.2) is 5.78 Å². The number of thiazole rings is 1. The molecule has 3 aromatic heterocycles. The average molecular weight is 366 g/mol. The summed E-state index contributed by atoms with van der Waals surface area (Å²) in [5.74, 6) is -0.209. The van der Waals surface area contributed by atoms with Crippen molar-refractivity contribution in [2.24, 2.45) is 0 Å². The van der Waals surface area contributed by atoms with Crippen molar-refractivity contribution in [2.75, 3.05) is 6.54 Å². The summed E-state index contributed by atoms with van der Waals surface area (Å²) < 4.78 is 0. The van der Waals surface area contributed by atoms with E-state index in [1.807, 2.05) is 17.5 Å². The van der Waals surface area contributed by atoms with Crippen molar-refractivity contribution < 1.29 is 9.59 Å². The summed E-state index contributed by atoms with van der Waals surface area (Å²) in [4.78, 5) is 36.4. The van der Waals surface area contributed by atoms with Gasteiger partial charge in [-0.3, -0.25) is 19.6 Å². The van der Waals surface area contributed by atoms with Crippen LogP contribution in [-0.4, -0.2) is 33.2 Å². The second-order valence-corrected chi connectivity index (χ2v) is 6.51. The molecule has 26 heavy (non-hydrogen) atoms. The van der Waals surface area contributed by atoms with Crippen LogP contribution in [0.2, 0.25) is 0 Å². The van der Waals surface area contributed by atoms with Gasteiger partial charge >= 0.3 is 0 Å². The van der Waals surface area contributed by atoms with Gasteiger partial charge in [0.25, 0.3) is 0 Å². The number of hydrogen-bond acceptors (Lipinski definition) is 6. The lowest BCUT2D eigenvalue weighted by Gasteiger charge is -2.04. The highest BCUT2D eigenvalue weighted by Gasteiger charge is 2.10. The van der Waals surface area contributed by atoms with Gasteiger partial charge in [0.2, 0.25) is 5.91 Å². The van der Waals surface area contributed by atoms with E-state index in [1.165, 1.54) is 6.20 Å². The first-order chi connectivity index (χ1) is 12.7. The summed E-state index contributed by atoms with van der Waals surface area (Å²) in [6.45, 7) is 0.496.